The van der Waals surface area contributed by atoms with Crippen LogP contribution < -0.4 is 10.1 Å². The molecule has 7 nitrogen and oxygen atoms in total. The van der Waals surface area contributed by atoms with Gasteiger partial charge in [-0.2, -0.15) is 0 Å². The van der Waals surface area contributed by atoms with Crippen molar-refractivity contribution in [2.45, 2.75) is 38.8 Å². The van der Waals surface area contributed by atoms with Gasteiger partial charge in [-0.25, -0.2) is 0 Å². The number of aliphatic carboxylic acids is 2. The van der Waals surface area contributed by atoms with Crippen LogP contribution in [-0.2, 0) is 16.2 Å². The molecule has 2 atom stereocenters. The van der Waals surface area contributed by atoms with E-state index in [1.54, 1.807) is 36.7 Å². The maximum absolute atomic E-state index is 11.7. The highest BCUT2D eigenvalue weighted by Crippen LogP contribution is 2.21. The maximum Gasteiger partial charge on any atom is 0.320 e. The third kappa shape index (κ3) is 6.66. The molecular formula is C21H26N2O5. The zero-order valence-corrected chi connectivity index (χ0v) is 16.0. The number of nitrogens with one attached hydrogen (secondary N) is 1. The lowest BCUT2D eigenvalue weighted by Gasteiger charge is -2.20. The average Bonchev–Trinajstić information content (AvgIpc) is 2.66. The SMILES string of the molecule is CC(C)CC(NCC(C(=O)O)c1ccc(OCc2cccnc2)cc1)C(=O)O. The third-order valence-corrected chi connectivity index (χ3v) is 4.28. The lowest BCUT2D eigenvalue weighted by molar-refractivity contribution is -0.142. The quantitative estimate of drug-likeness (QED) is 0.545. The summed E-state index contributed by atoms with van der Waals surface area (Å²) in [4.78, 5) is 27.1. The standard InChI is InChI=1S/C21H26N2O5/c1-14(2)10-19(21(26)27)23-12-18(20(24)25)16-5-7-17(8-6-16)28-13-15-4-3-9-22-11-15/h3-9,11,14,18-19,23H,10,12-13H2,1-2H3,(H,24,25)(H,26,27). The number of aromatic nitrogens is 1. The number of rotatable bonds is 11. The van der Waals surface area contributed by atoms with Gasteiger partial charge in [-0.1, -0.05) is 32.0 Å². The summed E-state index contributed by atoms with van der Waals surface area (Å²) in [6.07, 6.45) is 3.84. The van der Waals surface area contributed by atoms with E-state index in [1.807, 2.05) is 26.0 Å². The van der Waals surface area contributed by atoms with Gasteiger partial charge in [-0.05, 0) is 36.1 Å². The van der Waals surface area contributed by atoms with Crippen LogP contribution in [0.1, 0.15) is 37.3 Å². The van der Waals surface area contributed by atoms with E-state index < -0.39 is 23.9 Å². The molecule has 7 heteroatoms. The number of nitrogens with zero attached hydrogens (tertiary/aromatic N) is 1. The molecule has 0 aliphatic heterocycles. The normalized spacial score (nSPS) is 13.1. The highest BCUT2D eigenvalue weighted by atomic mass is 16.5. The van der Waals surface area contributed by atoms with Crippen molar-refractivity contribution in [1.82, 2.24) is 10.3 Å². The van der Waals surface area contributed by atoms with Crippen LogP contribution in [0.5, 0.6) is 5.75 Å². The number of hydrogen-bond acceptors (Lipinski definition) is 5. The smallest absolute Gasteiger partial charge is 0.320 e. The van der Waals surface area contributed by atoms with Crippen molar-refractivity contribution < 1.29 is 24.5 Å². The van der Waals surface area contributed by atoms with Crippen LogP contribution in [0.2, 0.25) is 0 Å². The summed E-state index contributed by atoms with van der Waals surface area (Å²) in [5.41, 5.74) is 1.52. The van der Waals surface area contributed by atoms with Crippen LogP contribution in [0.15, 0.2) is 48.8 Å². The molecule has 0 spiro atoms. The minimum absolute atomic E-state index is 0.0366. The zero-order chi connectivity index (χ0) is 20.5. The number of carboxylic acids is 2. The lowest BCUT2D eigenvalue weighted by atomic mass is 9.97. The van der Waals surface area contributed by atoms with E-state index in [1.165, 1.54) is 0 Å². The summed E-state index contributed by atoms with van der Waals surface area (Å²) in [5, 5.41) is 21.7. The van der Waals surface area contributed by atoms with Crippen molar-refractivity contribution in [3.8, 4) is 5.75 Å². The van der Waals surface area contributed by atoms with E-state index in [0.717, 1.165) is 5.56 Å². The van der Waals surface area contributed by atoms with Gasteiger partial charge in [0.15, 0.2) is 0 Å². The van der Waals surface area contributed by atoms with Gasteiger partial charge in [-0.3, -0.25) is 14.6 Å². The topological polar surface area (TPSA) is 109 Å². The predicted molar refractivity (Wildman–Crippen MR) is 104 cm³/mol. The van der Waals surface area contributed by atoms with Crippen LogP contribution >= 0.6 is 0 Å². The molecule has 0 bridgehead atoms. The molecule has 1 aromatic heterocycles. The second-order valence-corrected chi connectivity index (χ2v) is 7.04. The summed E-state index contributed by atoms with van der Waals surface area (Å²) in [7, 11) is 0. The highest BCUT2D eigenvalue weighted by Gasteiger charge is 2.24. The second-order valence-electron chi connectivity index (χ2n) is 7.04. The lowest BCUT2D eigenvalue weighted by Crippen LogP contribution is -2.41. The molecule has 2 aromatic rings. The van der Waals surface area contributed by atoms with Gasteiger partial charge < -0.3 is 20.3 Å². The Kier molecular flexibility index (Phi) is 7.95. The van der Waals surface area contributed by atoms with Gasteiger partial charge in [0.1, 0.15) is 18.4 Å². The monoisotopic (exact) mass is 386 g/mol. The van der Waals surface area contributed by atoms with Crippen molar-refractivity contribution in [2.24, 2.45) is 5.92 Å². The number of pyridine rings is 1. The molecule has 0 saturated carbocycles. The van der Waals surface area contributed by atoms with Crippen LogP contribution in [0.25, 0.3) is 0 Å². The zero-order valence-electron chi connectivity index (χ0n) is 16.0. The molecule has 3 N–H and O–H groups in total. The molecule has 0 fully saturated rings. The minimum Gasteiger partial charge on any atom is -0.489 e. The molecule has 0 aliphatic carbocycles. The molecule has 0 radical (unpaired) electrons. The van der Waals surface area contributed by atoms with E-state index in [-0.39, 0.29) is 12.5 Å². The largest absolute Gasteiger partial charge is 0.489 e. The molecule has 0 saturated heterocycles. The Morgan fingerprint density at radius 1 is 1.11 bits per heavy atom. The summed E-state index contributed by atoms with van der Waals surface area (Å²) < 4.78 is 5.68. The van der Waals surface area contributed by atoms with Crippen molar-refractivity contribution in [2.75, 3.05) is 6.54 Å². The molecule has 1 heterocycles. The van der Waals surface area contributed by atoms with E-state index in [0.29, 0.717) is 24.3 Å². The number of hydrogen-bond donors (Lipinski definition) is 3. The predicted octanol–water partition coefficient (Wildman–Crippen LogP) is 2.92. The number of carbonyl (C=O) groups is 2. The Morgan fingerprint density at radius 3 is 2.36 bits per heavy atom. The third-order valence-electron chi connectivity index (χ3n) is 4.28. The van der Waals surface area contributed by atoms with Crippen LogP contribution in [0.4, 0.5) is 0 Å². The molecular weight excluding hydrogens is 360 g/mol. The fourth-order valence-corrected chi connectivity index (χ4v) is 2.80. The average molecular weight is 386 g/mol. The van der Waals surface area contributed by atoms with Gasteiger partial charge >= 0.3 is 11.9 Å². The molecule has 28 heavy (non-hydrogen) atoms. The molecule has 0 amide bonds. The Morgan fingerprint density at radius 2 is 1.82 bits per heavy atom. The number of ether oxygens (including phenoxy) is 1. The highest BCUT2D eigenvalue weighted by molar-refractivity contribution is 5.77. The first-order chi connectivity index (χ1) is 13.4. The Labute approximate surface area is 164 Å². The molecule has 2 rings (SSSR count). The molecule has 150 valence electrons. The molecule has 0 aliphatic rings. The van der Waals surface area contributed by atoms with Crippen LogP contribution in [-0.4, -0.2) is 39.7 Å². The van der Waals surface area contributed by atoms with E-state index in [9.17, 15) is 19.8 Å². The second kappa shape index (κ2) is 10.4. The first-order valence-electron chi connectivity index (χ1n) is 9.17. The fourth-order valence-electron chi connectivity index (χ4n) is 2.80. The van der Waals surface area contributed by atoms with Gasteiger partial charge in [0.2, 0.25) is 0 Å². The maximum atomic E-state index is 11.7. The Balaban J connectivity index is 1.99. The summed E-state index contributed by atoms with van der Waals surface area (Å²) in [6, 6.07) is 9.77. The summed E-state index contributed by atoms with van der Waals surface area (Å²) in [5.74, 6) is -2.02. The van der Waals surface area contributed by atoms with Gasteiger partial charge in [0, 0.05) is 24.5 Å². The first kappa shape index (κ1) is 21.4. The summed E-state index contributed by atoms with van der Waals surface area (Å²) >= 11 is 0. The first-order valence-corrected chi connectivity index (χ1v) is 9.17. The van der Waals surface area contributed by atoms with Gasteiger partial charge in [0.25, 0.3) is 0 Å². The van der Waals surface area contributed by atoms with Crippen molar-refractivity contribution in [3.05, 3.63) is 59.9 Å². The Bertz CT molecular complexity index is 762. The van der Waals surface area contributed by atoms with Crippen molar-refractivity contribution in [3.63, 3.8) is 0 Å². The van der Waals surface area contributed by atoms with E-state index in [2.05, 4.69) is 10.3 Å². The van der Waals surface area contributed by atoms with E-state index in [4.69, 9.17) is 4.74 Å². The summed E-state index contributed by atoms with van der Waals surface area (Å²) in [6.45, 7) is 4.26. The molecule has 1 aromatic carbocycles. The Hall–Kier alpha value is -2.93. The van der Waals surface area contributed by atoms with E-state index >= 15 is 0 Å². The number of carboxylic acid groups (broad SMARTS) is 2. The number of benzene rings is 1. The minimum atomic E-state index is -1.01. The van der Waals surface area contributed by atoms with Gasteiger partial charge in [-0.15, -0.1) is 0 Å². The molecule has 2 unspecified atom stereocenters. The van der Waals surface area contributed by atoms with Crippen LogP contribution in [0, 0.1) is 5.92 Å². The van der Waals surface area contributed by atoms with Crippen molar-refractivity contribution in [1.29, 1.82) is 0 Å². The van der Waals surface area contributed by atoms with Crippen molar-refractivity contribution >= 4 is 11.9 Å². The van der Waals surface area contributed by atoms with Gasteiger partial charge in [0.05, 0.1) is 5.92 Å². The fraction of sp³-hybridized carbons (Fsp3) is 0.381. The van der Waals surface area contributed by atoms with Crippen LogP contribution in [0.3, 0.4) is 0 Å².